The number of thioether (sulfide) groups is 1. The van der Waals surface area contributed by atoms with Crippen molar-refractivity contribution in [1.82, 2.24) is 10.3 Å². The van der Waals surface area contributed by atoms with E-state index in [0.29, 0.717) is 5.56 Å². The Bertz CT molecular complexity index is 1250. The summed E-state index contributed by atoms with van der Waals surface area (Å²) in [5, 5.41) is 13.4. The molecule has 0 bridgehead atoms. The molecule has 0 radical (unpaired) electrons. The zero-order chi connectivity index (χ0) is 21.6. The van der Waals surface area contributed by atoms with Crippen molar-refractivity contribution < 1.29 is 4.79 Å². The van der Waals surface area contributed by atoms with Crippen LogP contribution in [0.25, 0.3) is 22.2 Å². The molecule has 0 fully saturated rings. The Labute approximate surface area is 185 Å². The summed E-state index contributed by atoms with van der Waals surface area (Å²) in [5.74, 6) is -0.610. The van der Waals surface area contributed by atoms with Crippen LogP contribution in [-0.4, -0.2) is 23.7 Å². The molecule has 1 aromatic heterocycles. The van der Waals surface area contributed by atoms with Crippen molar-refractivity contribution in [1.29, 1.82) is 5.26 Å². The second-order valence-corrected chi connectivity index (χ2v) is 7.87. The van der Waals surface area contributed by atoms with Gasteiger partial charge in [0.15, 0.2) is 0 Å². The quantitative estimate of drug-likeness (QED) is 0.406. The molecule has 3 aromatic carbocycles. The summed E-state index contributed by atoms with van der Waals surface area (Å²) in [7, 11) is 0. The molecule has 152 valence electrons. The highest BCUT2D eigenvalue weighted by molar-refractivity contribution is 7.98. The Kier molecular flexibility index (Phi) is 6.30. The number of hydrogen-bond acceptors (Lipinski definition) is 4. The molecule has 4 aromatic rings. The van der Waals surface area contributed by atoms with E-state index in [0.717, 1.165) is 32.6 Å². The summed E-state index contributed by atoms with van der Waals surface area (Å²) in [6.45, 7) is 0.241. The number of aromatic nitrogens is 1. The number of hydrogen-bond donors (Lipinski definition) is 1. The predicted octanol–water partition coefficient (Wildman–Crippen LogP) is 5.66. The summed E-state index contributed by atoms with van der Waals surface area (Å²) in [5.41, 5.74) is 4.01. The molecule has 5 heteroatoms. The summed E-state index contributed by atoms with van der Waals surface area (Å²) >= 11 is 1.51. The van der Waals surface area contributed by atoms with E-state index < -0.39 is 5.92 Å². The van der Waals surface area contributed by atoms with Gasteiger partial charge in [-0.3, -0.25) is 4.79 Å². The van der Waals surface area contributed by atoms with E-state index in [4.69, 9.17) is 4.98 Å². The van der Waals surface area contributed by atoms with Crippen LogP contribution < -0.4 is 5.32 Å². The SMILES string of the molecule is CSc1c(-c2ccccc2)nc2ccccc2c1C(=O)NCC(C#N)c1ccccc1. The topological polar surface area (TPSA) is 65.8 Å². The Morgan fingerprint density at radius 2 is 1.65 bits per heavy atom. The number of carbonyl (C=O) groups is 1. The zero-order valence-corrected chi connectivity index (χ0v) is 17.9. The molecule has 0 spiro atoms. The third-order valence-corrected chi connectivity index (χ3v) is 5.96. The van der Waals surface area contributed by atoms with Gasteiger partial charge < -0.3 is 5.32 Å². The number of nitriles is 1. The molecule has 0 saturated carbocycles. The van der Waals surface area contributed by atoms with Gasteiger partial charge in [0.05, 0.1) is 28.8 Å². The monoisotopic (exact) mass is 423 g/mol. The lowest BCUT2D eigenvalue weighted by molar-refractivity contribution is 0.0951. The summed E-state index contributed by atoms with van der Waals surface area (Å²) in [4.78, 5) is 19.1. The van der Waals surface area contributed by atoms with E-state index in [-0.39, 0.29) is 12.5 Å². The van der Waals surface area contributed by atoms with Gasteiger partial charge in [-0.2, -0.15) is 5.26 Å². The van der Waals surface area contributed by atoms with Crippen LogP contribution >= 0.6 is 11.8 Å². The molecular formula is C26H21N3OS. The van der Waals surface area contributed by atoms with Crippen LogP contribution in [0.3, 0.4) is 0 Å². The zero-order valence-electron chi connectivity index (χ0n) is 17.1. The van der Waals surface area contributed by atoms with E-state index in [1.165, 1.54) is 11.8 Å². The van der Waals surface area contributed by atoms with Gasteiger partial charge in [0.25, 0.3) is 5.91 Å². The number of benzene rings is 3. The highest BCUT2D eigenvalue weighted by Gasteiger charge is 2.22. The van der Waals surface area contributed by atoms with E-state index >= 15 is 0 Å². The minimum absolute atomic E-state index is 0.198. The van der Waals surface area contributed by atoms with E-state index in [1.54, 1.807) is 0 Å². The number of nitrogens with zero attached hydrogens (tertiary/aromatic N) is 2. The molecular weight excluding hydrogens is 402 g/mol. The molecule has 0 aliphatic carbocycles. The third-order valence-electron chi connectivity index (χ3n) is 5.15. The lowest BCUT2D eigenvalue weighted by atomic mass is 10.00. The molecule has 31 heavy (non-hydrogen) atoms. The third kappa shape index (κ3) is 4.30. The average Bonchev–Trinajstić information content (AvgIpc) is 2.84. The van der Waals surface area contributed by atoms with Gasteiger partial charge in [-0.15, -0.1) is 11.8 Å². The van der Waals surface area contributed by atoms with Crippen molar-refractivity contribution in [2.75, 3.05) is 12.8 Å². The van der Waals surface area contributed by atoms with Crippen molar-refractivity contribution in [3.8, 4) is 17.3 Å². The fourth-order valence-corrected chi connectivity index (χ4v) is 4.38. The largest absolute Gasteiger partial charge is 0.350 e. The summed E-state index contributed by atoms with van der Waals surface area (Å²) in [6.07, 6.45) is 1.96. The molecule has 1 heterocycles. The van der Waals surface area contributed by atoms with Crippen LogP contribution in [0.15, 0.2) is 89.8 Å². The summed E-state index contributed by atoms with van der Waals surface area (Å²) in [6, 6.07) is 29.4. The van der Waals surface area contributed by atoms with Gasteiger partial charge in [0.1, 0.15) is 0 Å². The molecule has 4 rings (SSSR count). The maximum absolute atomic E-state index is 13.4. The fraction of sp³-hybridized carbons (Fsp3) is 0.115. The molecule has 4 nitrogen and oxygen atoms in total. The highest BCUT2D eigenvalue weighted by Crippen LogP contribution is 2.36. The lowest BCUT2D eigenvalue weighted by Gasteiger charge is -2.17. The van der Waals surface area contributed by atoms with E-state index in [9.17, 15) is 10.1 Å². The van der Waals surface area contributed by atoms with Crippen LogP contribution in [0.1, 0.15) is 21.8 Å². The minimum Gasteiger partial charge on any atom is -0.350 e. The molecule has 0 saturated heterocycles. The summed E-state index contributed by atoms with van der Waals surface area (Å²) < 4.78 is 0. The van der Waals surface area contributed by atoms with Crippen molar-refractivity contribution in [3.63, 3.8) is 0 Å². The smallest absolute Gasteiger partial charge is 0.253 e. The number of amides is 1. The van der Waals surface area contributed by atoms with Gasteiger partial charge in [0.2, 0.25) is 0 Å². The van der Waals surface area contributed by atoms with Crippen molar-refractivity contribution in [3.05, 3.63) is 96.1 Å². The van der Waals surface area contributed by atoms with E-state index in [1.807, 2.05) is 91.2 Å². The Hall–Kier alpha value is -3.62. The highest BCUT2D eigenvalue weighted by atomic mass is 32.2. The normalized spacial score (nSPS) is 11.6. The molecule has 1 amide bonds. The predicted molar refractivity (Wildman–Crippen MR) is 126 cm³/mol. The number of rotatable bonds is 6. The van der Waals surface area contributed by atoms with Gasteiger partial charge in [-0.1, -0.05) is 78.9 Å². The number of para-hydroxylation sites is 1. The van der Waals surface area contributed by atoms with Crippen LogP contribution in [-0.2, 0) is 0 Å². The first kappa shape index (κ1) is 20.6. The van der Waals surface area contributed by atoms with Crippen LogP contribution in [0.4, 0.5) is 0 Å². The first-order valence-corrected chi connectivity index (χ1v) is 11.2. The van der Waals surface area contributed by atoms with E-state index in [2.05, 4.69) is 11.4 Å². The Morgan fingerprint density at radius 1 is 1.00 bits per heavy atom. The second kappa shape index (κ2) is 9.46. The first-order valence-electron chi connectivity index (χ1n) is 9.98. The maximum Gasteiger partial charge on any atom is 0.253 e. The molecule has 0 aliphatic rings. The lowest BCUT2D eigenvalue weighted by Crippen LogP contribution is -2.29. The van der Waals surface area contributed by atoms with Crippen LogP contribution in [0.5, 0.6) is 0 Å². The number of carbonyl (C=O) groups excluding carboxylic acids is 1. The second-order valence-electron chi connectivity index (χ2n) is 7.05. The minimum atomic E-state index is -0.412. The van der Waals surface area contributed by atoms with Gasteiger partial charge in [0, 0.05) is 22.4 Å². The van der Waals surface area contributed by atoms with Crippen LogP contribution in [0, 0.1) is 11.3 Å². The van der Waals surface area contributed by atoms with Crippen molar-refractivity contribution >= 4 is 28.6 Å². The number of nitrogens with one attached hydrogen (secondary N) is 1. The Balaban J connectivity index is 1.75. The van der Waals surface area contributed by atoms with Crippen molar-refractivity contribution in [2.24, 2.45) is 0 Å². The molecule has 0 aliphatic heterocycles. The van der Waals surface area contributed by atoms with Crippen molar-refractivity contribution in [2.45, 2.75) is 10.8 Å². The Morgan fingerprint density at radius 3 is 2.32 bits per heavy atom. The van der Waals surface area contributed by atoms with Crippen LogP contribution in [0.2, 0.25) is 0 Å². The number of pyridine rings is 1. The standard InChI is InChI=1S/C26H21N3OS/c1-31-25-23(26(30)28-17-20(16-27)18-10-4-2-5-11-18)21-14-8-9-15-22(21)29-24(25)19-12-6-3-7-13-19/h2-15,20H,17H2,1H3,(H,28,30). The number of fused-ring (bicyclic) bond motifs is 1. The maximum atomic E-state index is 13.4. The average molecular weight is 424 g/mol. The van der Waals surface area contributed by atoms with Gasteiger partial charge in [-0.05, 0) is 17.9 Å². The molecule has 1 N–H and O–H groups in total. The van der Waals surface area contributed by atoms with Gasteiger partial charge >= 0.3 is 0 Å². The van der Waals surface area contributed by atoms with Gasteiger partial charge in [-0.25, -0.2) is 4.98 Å². The molecule has 1 unspecified atom stereocenters. The fourth-order valence-electron chi connectivity index (χ4n) is 3.62. The first-order chi connectivity index (χ1) is 15.2. The molecule has 1 atom stereocenters.